The van der Waals surface area contributed by atoms with Crippen LogP contribution in [0.3, 0.4) is 0 Å². The number of rotatable bonds is 6. The van der Waals surface area contributed by atoms with E-state index in [2.05, 4.69) is 15.6 Å². The third-order valence-corrected chi connectivity index (χ3v) is 4.54. The summed E-state index contributed by atoms with van der Waals surface area (Å²) in [7, 11) is 0. The van der Waals surface area contributed by atoms with Crippen LogP contribution in [-0.4, -0.2) is 24.0 Å². The number of nitrogens with one attached hydrogen (secondary N) is 2. The number of benzene rings is 2. The highest BCUT2D eigenvalue weighted by Gasteiger charge is 2.16. The van der Waals surface area contributed by atoms with Crippen LogP contribution in [0, 0.1) is 0 Å². The van der Waals surface area contributed by atoms with Crippen LogP contribution >= 0.6 is 23.2 Å². The van der Waals surface area contributed by atoms with Crippen LogP contribution in [0.2, 0.25) is 10.0 Å². The third kappa shape index (κ3) is 3.90. The van der Waals surface area contributed by atoms with Gasteiger partial charge in [-0.15, -0.1) is 0 Å². The van der Waals surface area contributed by atoms with Gasteiger partial charge in [0.15, 0.2) is 0 Å². The first kappa shape index (κ1) is 18.5. The molecule has 2 aromatic carbocycles. The number of nitrogens with two attached hydrogens (primary N) is 1. The van der Waals surface area contributed by atoms with E-state index in [1.165, 1.54) is 0 Å². The van der Waals surface area contributed by atoms with Crippen LogP contribution in [0.25, 0.3) is 10.9 Å². The molecule has 0 spiro atoms. The number of amides is 1. The lowest BCUT2D eigenvalue weighted by Gasteiger charge is -2.13. The summed E-state index contributed by atoms with van der Waals surface area (Å²) in [6.07, 6.45) is 2.57. The molecule has 0 atom stereocenters. The number of fused-ring (bicyclic) bond motifs is 1. The van der Waals surface area contributed by atoms with Crippen LogP contribution in [0.15, 0.2) is 48.7 Å². The molecule has 3 aromatic rings. The molecule has 1 aromatic heterocycles. The van der Waals surface area contributed by atoms with E-state index in [4.69, 9.17) is 28.9 Å². The molecule has 0 bridgehead atoms. The molecule has 7 heteroatoms. The molecular formula is C19H18Cl2N4O. The number of halogens is 2. The molecule has 0 saturated heterocycles. The summed E-state index contributed by atoms with van der Waals surface area (Å²) in [5, 5.41) is 7.71. The van der Waals surface area contributed by atoms with Crippen molar-refractivity contribution in [1.29, 1.82) is 0 Å². The number of carbonyl (C=O) groups excluding carboxylic acids is 1. The molecule has 0 saturated carbocycles. The van der Waals surface area contributed by atoms with Crippen molar-refractivity contribution in [1.82, 2.24) is 4.98 Å². The van der Waals surface area contributed by atoms with E-state index in [1.54, 1.807) is 30.5 Å². The van der Waals surface area contributed by atoms with Crippen molar-refractivity contribution in [2.75, 3.05) is 23.7 Å². The Bertz CT molecular complexity index is 926. The molecule has 5 nitrogen and oxygen atoms in total. The lowest BCUT2D eigenvalue weighted by molar-refractivity contribution is 0.102. The number of nitrogens with zero attached hydrogens (tertiary/aromatic N) is 1. The molecule has 3 rings (SSSR count). The SMILES string of the molecule is NCCCNc1ccnc2c(NC(=O)c3c(Cl)cccc3Cl)cccc12. The maximum absolute atomic E-state index is 12.7. The fraction of sp³-hybridized carbons (Fsp3) is 0.158. The summed E-state index contributed by atoms with van der Waals surface area (Å²) >= 11 is 12.2. The third-order valence-electron chi connectivity index (χ3n) is 3.91. The van der Waals surface area contributed by atoms with Crippen LogP contribution in [0.5, 0.6) is 0 Å². The molecule has 1 heterocycles. The predicted octanol–water partition coefficient (Wildman–Crippen LogP) is 4.55. The largest absolute Gasteiger partial charge is 0.384 e. The molecule has 0 aliphatic rings. The number of para-hydroxylation sites is 1. The Morgan fingerprint density at radius 1 is 1.04 bits per heavy atom. The zero-order valence-corrected chi connectivity index (χ0v) is 15.4. The van der Waals surface area contributed by atoms with Gasteiger partial charge in [0.05, 0.1) is 26.8 Å². The monoisotopic (exact) mass is 388 g/mol. The number of hydrogen-bond donors (Lipinski definition) is 3. The predicted molar refractivity (Wildman–Crippen MR) is 108 cm³/mol. The van der Waals surface area contributed by atoms with Gasteiger partial charge < -0.3 is 16.4 Å². The van der Waals surface area contributed by atoms with Gasteiger partial charge in [0.2, 0.25) is 0 Å². The lowest BCUT2D eigenvalue weighted by Crippen LogP contribution is -2.14. The van der Waals surface area contributed by atoms with E-state index in [9.17, 15) is 4.79 Å². The number of hydrogen-bond acceptors (Lipinski definition) is 4. The van der Waals surface area contributed by atoms with E-state index in [1.807, 2.05) is 18.2 Å². The van der Waals surface area contributed by atoms with Crippen LogP contribution in [0.1, 0.15) is 16.8 Å². The van der Waals surface area contributed by atoms with Gasteiger partial charge in [-0.25, -0.2) is 0 Å². The highest BCUT2D eigenvalue weighted by Crippen LogP contribution is 2.29. The van der Waals surface area contributed by atoms with Crippen LogP contribution < -0.4 is 16.4 Å². The van der Waals surface area contributed by atoms with Crippen molar-refractivity contribution in [3.05, 3.63) is 64.3 Å². The molecule has 0 unspecified atom stereocenters. The quantitative estimate of drug-likeness (QED) is 0.540. The number of anilines is 2. The second kappa shape index (κ2) is 8.36. The fourth-order valence-electron chi connectivity index (χ4n) is 2.66. The Hall–Kier alpha value is -2.34. The minimum Gasteiger partial charge on any atom is -0.384 e. The molecule has 0 aliphatic heterocycles. The summed E-state index contributed by atoms with van der Waals surface area (Å²) in [4.78, 5) is 17.1. The van der Waals surface area contributed by atoms with E-state index < -0.39 is 0 Å². The van der Waals surface area contributed by atoms with Crippen LogP contribution in [0.4, 0.5) is 11.4 Å². The van der Waals surface area contributed by atoms with Gasteiger partial charge >= 0.3 is 0 Å². The van der Waals surface area contributed by atoms with Crippen molar-refractivity contribution in [2.24, 2.45) is 5.73 Å². The van der Waals surface area contributed by atoms with Gasteiger partial charge in [0.1, 0.15) is 0 Å². The number of pyridine rings is 1. The normalized spacial score (nSPS) is 10.7. The van der Waals surface area contributed by atoms with Gasteiger partial charge in [-0.1, -0.05) is 41.4 Å². The molecule has 26 heavy (non-hydrogen) atoms. The maximum atomic E-state index is 12.7. The fourth-order valence-corrected chi connectivity index (χ4v) is 3.22. The minimum atomic E-state index is -0.378. The van der Waals surface area contributed by atoms with Crippen molar-refractivity contribution in [2.45, 2.75) is 6.42 Å². The zero-order chi connectivity index (χ0) is 18.5. The first-order valence-corrected chi connectivity index (χ1v) is 8.94. The summed E-state index contributed by atoms with van der Waals surface area (Å²) in [5.41, 5.74) is 7.99. The van der Waals surface area contributed by atoms with Crippen molar-refractivity contribution in [3.63, 3.8) is 0 Å². The van der Waals surface area contributed by atoms with Crippen molar-refractivity contribution < 1.29 is 4.79 Å². The molecule has 0 fully saturated rings. The molecule has 0 radical (unpaired) electrons. The molecule has 4 N–H and O–H groups in total. The standard InChI is InChI=1S/C19H18Cl2N4O/c20-13-5-2-6-14(21)17(13)19(26)25-16-7-1-4-12-15(23-10-3-9-22)8-11-24-18(12)16/h1-2,4-8,11H,3,9-10,22H2,(H,23,24)(H,25,26). The van der Waals surface area contributed by atoms with Gasteiger partial charge in [0.25, 0.3) is 5.91 Å². The summed E-state index contributed by atoms with van der Waals surface area (Å²) < 4.78 is 0. The Kier molecular flexibility index (Phi) is 5.93. The summed E-state index contributed by atoms with van der Waals surface area (Å²) in [5.74, 6) is -0.378. The highest BCUT2D eigenvalue weighted by molar-refractivity contribution is 6.40. The van der Waals surface area contributed by atoms with E-state index in [-0.39, 0.29) is 11.5 Å². The molecule has 134 valence electrons. The lowest BCUT2D eigenvalue weighted by atomic mass is 10.1. The second-order valence-electron chi connectivity index (χ2n) is 5.68. The van der Waals surface area contributed by atoms with Crippen molar-refractivity contribution in [3.8, 4) is 0 Å². The Morgan fingerprint density at radius 2 is 1.77 bits per heavy atom. The summed E-state index contributed by atoms with van der Waals surface area (Å²) in [6.45, 7) is 1.39. The minimum absolute atomic E-state index is 0.241. The Morgan fingerprint density at radius 3 is 2.50 bits per heavy atom. The van der Waals surface area contributed by atoms with Gasteiger partial charge in [-0.3, -0.25) is 9.78 Å². The van der Waals surface area contributed by atoms with E-state index >= 15 is 0 Å². The zero-order valence-electron chi connectivity index (χ0n) is 13.9. The van der Waals surface area contributed by atoms with Crippen LogP contribution in [-0.2, 0) is 0 Å². The van der Waals surface area contributed by atoms with Gasteiger partial charge in [-0.2, -0.15) is 0 Å². The first-order valence-electron chi connectivity index (χ1n) is 8.19. The summed E-state index contributed by atoms with van der Waals surface area (Å²) in [6, 6.07) is 12.5. The molecule has 0 aliphatic carbocycles. The van der Waals surface area contributed by atoms with E-state index in [0.717, 1.165) is 24.0 Å². The average Bonchev–Trinajstić information content (AvgIpc) is 2.62. The van der Waals surface area contributed by atoms with Gasteiger partial charge in [0, 0.05) is 23.8 Å². The van der Waals surface area contributed by atoms with Gasteiger partial charge in [-0.05, 0) is 37.2 Å². The second-order valence-corrected chi connectivity index (χ2v) is 6.49. The smallest absolute Gasteiger partial charge is 0.258 e. The highest BCUT2D eigenvalue weighted by atomic mass is 35.5. The molecule has 1 amide bonds. The average molecular weight is 389 g/mol. The molecular weight excluding hydrogens is 371 g/mol. The first-order chi connectivity index (χ1) is 12.6. The van der Waals surface area contributed by atoms with Crippen molar-refractivity contribution >= 4 is 51.4 Å². The Balaban J connectivity index is 1.93. The van der Waals surface area contributed by atoms with E-state index in [0.29, 0.717) is 27.8 Å². The number of carbonyl (C=O) groups is 1. The topological polar surface area (TPSA) is 80.0 Å². The maximum Gasteiger partial charge on any atom is 0.258 e. The Labute approximate surface area is 161 Å². The number of aromatic nitrogens is 1.